The molecule has 1 aliphatic carbocycles. The molecule has 2 aromatic carbocycles. The second-order valence-corrected chi connectivity index (χ2v) is 9.75. The molecule has 8 nitrogen and oxygen atoms in total. The number of carbonyl (C=O) groups is 1. The zero-order chi connectivity index (χ0) is 25.8. The Bertz CT molecular complexity index is 1280. The first-order chi connectivity index (χ1) is 18.0. The van der Waals surface area contributed by atoms with Crippen molar-refractivity contribution in [2.45, 2.75) is 64.7 Å². The molecule has 0 saturated heterocycles. The largest absolute Gasteiger partial charge is 0.490 e. The Hall–Kier alpha value is -3.52. The maximum atomic E-state index is 13.5. The smallest absolute Gasteiger partial charge is 0.338 e. The highest BCUT2D eigenvalue weighted by molar-refractivity contribution is 6.30. The summed E-state index contributed by atoms with van der Waals surface area (Å²) < 4.78 is 19.7. The van der Waals surface area contributed by atoms with E-state index in [2.05, 4.69) is 15.4 Å². The van der Waals surface area contributed by atoms with Gasteiger partial charge in [-0.2, -0.15) is 10.1 Å². The van der Waals surface area contributed by atoms with Gasteiger partial charge < -0.3 is 19.5 Å². The summed E-state index contributed by atoms with van der Waals surface area (Å²) in [5, 5.41) is 8.31. The number of aromatic nitrogens is 3. The van der Waals surface area contributed by atoms with Crippen molar-refractivity contribution in [1.82, 2.24) is 14.8 Å². The summed E-state index contributed by atoms with van der Waals surface area (Å²) in [4.78, 5) is 17.8. The molecular weight excluding hydrogens is 492 g/mol. The molecule has 0 spiro atoms. The zero-order valence-corrected chi connectivity index (χ0v) is 21.8. The van der Waals surface area contributed by atoms with Crippen LogP contribution in [0.3, 0.4) is 0 Å². The molecular formula is C28H31ClN4O4. The Labute approximate surface area is 221 Å². The molecule has 1 unspecified atom stereocenters. The molecule has 5 rings (SSSR count). The summed E-state index contributed by atoms with van der Waals surface area (Å²) in [6.45, 7) is 4.63. The summed E-state index contributed by atoms with van der Waals surface area (Å²) in [5.41, 5.74) is 3.03. The minimum atomic E-state index is -0.514. The van der Waals surface area contributed by atoms with E-state index in [4.69, 9.17) is 25.8 Å². The molecule has 0 radical (unpaired) electrons. The van der Waals surface area contributed by atoms with E-state index >= 15 is 0 Å². The normalized spacial score (nSPS) is 17.6. The van der Waals surface area contributed by atoms with Crippen LogP contribution in [0.4, 0.5) is 5.95 Å². The molecule has 0 amide bonds. The maximum Gasteiger partial charge on any atom is 0.338 e. The highest BCUT2D eigenvalue weighted by Gasteiger charge is 2.36. The van der Waals surface area contributed by atoms with Crippen molar-refractivity contribution in [3.05, 3.63) is 76.2 Å². The van der Waals surface area contributed by atoms with Crippen molar-refractivity contribution in [1.29, 1.82) is 0 Å². The second kappa shape index (κ2) is 11.3. The van der Waals surface area contributed by atoms with Crippen LogP contribution in [0.15, 0.2) is 60.1 Å². The minimum absolute atomic E-state index is 0.0537. The molecule has 1 aromatic heterocycles. The number of anilines is 1. The Kier molecular flexibility index (Phi) is 7.65. The van der Waals surface area contributed by atoms with Gasteiger partial charge in [0.1, 0.15) is 25.1 Å². The molecule has 37 heavy (non-hydrogen) atoms. The standard InChI is InChI=1S/C28H31ClN4O4/c1-3-35-24-15-20(11-14-23(24)36-16-19-9-12-21(29)13-10-19)26-25(18(2)32-28-30-17-31-33(26)28)27(34)37-22-7-5-4-6-8-22/h9-15,17,22,26H,3-8,16H2,1-2H3,(H,30,31,32). The van der Waals surface area contributed by atoms with Crippen molar-refractivity contribution in [2.75, 3.05) is 11.9 Å². The molecule has 9 heteroatoms. The first kappa shape index (κ1) is 25.1. The summed E-state index contributed by atoms with van der Waals surface area (Å²) in [6, 6.07) is 12.7. The third-order valence-electron chi connectivity index (χ3n) is 6.73. The lowest BCUT2D eigenvalue weighted by atomic mass is 9.94. The second-order valence-electron chi connectivity index (χ2n) is 9.31. The quantitative estimate of drug-likeness (QED) is 0.359. The van der Waals surface area contributed by atoms with Crippen LogP contribution in [-0.2, 0) is 16.1 Å². The lowest BCUT2D eigenvalue weighted by molar-refractivity contribution is -0.146. The molecule has 1 saturated carbocycles. The number of rotatable bonds is 8. The van der Waals surface area contributed by atoms with Crippen LogP contribution in [0.5, 0.6) is 11.5 Å². The van der Waals surface area contributed by atoms with Crippen molar-refractivity contribution in [2.24, 2.45) is 0 Å². The molecule has 2 aliphatic rings. The highest BCUT2D eigenvalue weighted by Crippen LogP contribution is 2.39. The monoisotopic (exact) mass is 522 g/mol. The number of hydrogen-bond donors (Lipinski definition) is 1. The van der Waals surface area contributed by atoms with Crippen LogP contribution in [0.25, 0.3) is 0 Å². The summed E-state index contributed by atoms with van der Waals surface area (Å²) in [7, 11) is 0. The number of ether oxygens (including phenoxy) is 3. The molecule has 1 fully saturated rings. The van der Waals surface area contributed by atoms with Crippen molar-refractivity contribution < 1.29 is 19.0 Å². The Morgan fingerprint density at radius 1 is 1.08 bits per heavy atom. The third kappa shape index (κ3) is 5.59. The fourth-order valence-corrected chi connectivity index (χ4v) is 5.01. The Morgan fingerprint density at radius 3 is 2.62 bits per heavy atom. The van der Waals surface area contributed by atoms with E-state index in [-0.39, 0.29) is 12.1 Å². The Balaban J connectivity index is 1.45. The first-order valence-electron chi connectivity index (χ1n) is 12.8. The van der Waals surface area contributed by atoms with Gasteiger partial charge in [0.2, 0.25) is 5.95 Å². The van der Waals surface area contributed by atoms with Crippen molar-refractivity contribution in [3.63, 3.8) is 0 Å². The van der Waals surface area contributed by atoms with Crippen LogP contribution < -0.4 is 14.8 Å². The lowest BCUT2D eigenvalue weighted by Crippen LogP contribution is -2.32. The van der Waals surface area contributed by atoms with E-state index in [1.54, 1.807) is 4.68 Å². The number of fused-ring (bicyclic) bond motifs is 1. The summed E-state index contributed by atoms with van der Waals surface area (Å²) in [6.07, 6.45) is 6.58. The minimum Gasteiger partial charge on any atom is -0.490 e. The number of benzene rings is 2. The van der Waals surface area contributed by atoms with Gasteiger partial charge in [0.15, 0.2) is 11.5 Å². The van der Waals surface area contributed by atoms with Crippen molar-refractivity contribution >= 4 is 23.5 Å². The van der Waals surface area contributed by atoms with Gasteiger partial charge in [-0.05, 0) is 74.9 Å². The lowest BCUT2D eigenvalue weighted by Gasteiger charge is -2.30. The summed E-state index contributed by atoms with van der Waals surface area (Å²) >= 11 is 6.00. The molecule has 194 valence electrons. The van der Waals surface area contributed by atoms with Gasteiger partial charge in [-0.3, -0.25) is 0 Å². The molecule has 0 bridgehead atoms. The highest BCUT2D eigenvalue weighted by atomic mass is 35.5. The number of nitrogens with one attached hydrogen (secondary N) is 1. The average molecular weight is 523 g/mol. The molecule has 2 heterocycles. The number of carbonyl (C=O) groups excluding carboxylic acids is 1. The van der Waals surface area contributed by atoms with Crippen LogP contribution in [0.1, 0.15) is 63.1 Å². The predicted octanol–water partition coefficient (Wildman–Crippen LogP) is 6.07. The van der Waals surface area contributed by atoms with Gasteiger partial charge in [-0.15, -0.1) is 0 Å². The van der Waals surface area contributed by atoms with Gasteiger partial charge in [-0.1, -0.05) is 36.2 Å². The molecule has 1 atom stereocenters. The SMILES string of the molecule is CCOc1cc(C2C(C(=O)OC3CCCCC3)=C(C)Nc3ncnn32)ccc1OCc1ccc(Cl)cc1. The van der Waals surface area contributed by atoms with E-state index in [1.165, 1.54) is 12.7 Å². The number of hydrogen-bond acceptors (Lipinski definition) is 7. The van der Waals surface area contributed by atoms with Gasteiger partial charge in [0, 0.05) is 10.7 Å². The molecule has 1 N–H and O–H groups in total. The molecule has 3 aromatic rings. The number of nitrogens with zero attached hydrogens (tertiary/aromatic N) is 3. The zero-order valence-electron chi connectivity index (χ0n) is 21.1. The van der Waals surface area contributed by atoms with Crippen LogP contribution >= 0.6 is 11.6 Å². The van der Waals surface area contributed by atoms with Gasteiger partial charge >= 0.3 is 5.97 Å². The number of esters is 1. The van der Waals surface area contributed by atoms with Crippen LogP contribution in [0.2, 0.25) is 5.02 Å². The van der Waals surface area contributed by atoms with Crippen LogP contribution in [0, 0.1) is 0 Å². The van der Waals surface area contributed by atoms with E-state index < -0.39 is 6.04 Å². The topological polar surface area (TPSA) is 87.5 Å². The summed E-state index contributed by atoms with van der Waals surface area (Å²) in [5.74, 6) is 1.44. The number of halogens is 1. The van der Waals surface area contributed by atoms with E-state index in [9.17, 15) is 4.79 Å². The first-order valence-corrected chi connectivity index (χ1v) is 13.1. The number of allylic oxidation sites excluding steroid dienone is 1. The van der Waals surface area contributed by atoms with Crippen molar-refractivity contribution in [3.8, 4) is 11.5 Å². The van der Waals surface area contributed by atoms with E-state index in [1.807, 2.05) is 56.3 Å². The fourth-order valence-electron chi connectivity index (χ4n) is 4.89. The van der Waals surface area contributed by atoms with E-state index in [0.29, 0.717) is 47.0 Å². The average Bonchev–Trinajstić information content (AvgIpc) is 3.37. The fraction of sp³-hybridized carbons (Fsp3) is 0.393. The van der Waals surface area contributed by atoms with Crippen LogP contribution in [-0.4, -0.2) is 33.4 Å². The third-order valence-corrected chi connectivity index (χ3v) is 6.98. The Morgan fingerprint density at radius 2 is 1.86 bits per heavy atom. The maximum absolute atomic E-state index is 13.5. The predicted molar refractivity (Wildman–Crippen MR) is 141 cm³/mol. The molecule has 1 aliphatic heterocycles. The van der Waals surface area contributed by atoms with Gasteiger partial charge in [0.05, 0.1) is 12.2 Å². The van der Waals surface area contributed by atoms with E-state index in [0.717, 1.165) is 36.8 Å². The van der Waals surface area contributed by atoms with Gasteiger partial charge in [-0.25, -0.2) is 9.48 Å². The van der Waals surface area contributed by atoms with Gasteiger partial charge in [0.25, 0.3) is 0 Å².